The van der Waals surface area contributed by atoms with Gasteiger partial charge in [-0.15, -0.1) is 12.4 Å². The first-order valence-corrected chi connectivity index (χ1v) is 6.75. The second-order valence-electron chi connectivity index (χ2n) is 6.03. The van der Waals surface area contributed by atoms with Crippen molar-refractivity contribution in [2.24, 2.45) is 5.73 Å². The van der Waals surface area contributed by atoms with Crippen LogP contribution in [0.15, 0.2) is 4.52 Å². The van der Waals surface area contributed by atoms with Crippen molar-refractivity contribution in [1.29, 1.82) is 0 Å². The number of halogens is 1. The molecule has 0 radical (unpaired) electrons. The van der Waals surface area contributed by atoms with Crippen molar-refractivity contribution < 1.29 is 4.52 Å². The molecule has 1 fully saturated rings. The molecule has 0 aliphatic carbocycles. The van der Waals surface area contributed by atoms with E-state index in [1.165, 1.54) is 19.3 Å². The molecule has 2 atom stereocenters. The van der Waals surface area contributed by atoms with Crippen LogP contribution in [0.3, 0.4) is 0 Å². The minimum Gasteiger partial charge on any atom is -0.338 e. The lowest BCUT2D eigenvalue weighted by atomic mass is 9.98. The Labute approximate surface area is 121 Å². The van der Waals surface area contributed by atoms with Crippen LogP contribution in [-0.2, 0) is 12.1 Å². The van der Waals surface area contributed by atoms with Crippen LogP contribution in [0.5, 0.6) is 0 Å². The zero-order chi connectivity index (χ0) is 13.3. The quantitative estimate of drug-likeness (QED) is 0.925. The summed E-state index contributed by atoms with van der Waals surface area (Å²) < 4.78 is 5.31. The molecule has 0 bridgehead atoms. The molecule has 1 aliphatic heterocycles. The summed E-state index contributed by atoms with van der Waals surface area (Å²) in [4.78, 5) is 6.83. The van der Waals surface area contributed by atoms with Crippen LogP contribution in [0.1, 0.15) is 58.7 Å². The van der Waals surface area contributed by atoms with E-state index in [2.05, 4.69) is 28.9 Å². The Hall–Kier alpha value is -0.650. The second kappa shape index (κ2) is 6.20. The van der Waals surface area contributed by atoms with Crippen molar-refractivity contribution in [2.45, 2.75) is 71.1 Å². The Morgan fingerprint density at radius 1 is 1.32 bits per heavy atom. The number of aromatic nitrogens is 2. The first-order chi connectivity index (χ1) is 8.38. The normalized spacial score (nSPS) is 25.1. The molecule has 0 saturated carbocycles. The summed E-state index contributed by atoms with van der Waals surface area (Å²) in [5.41, 5.74) is 5.42. The van der Waals surface area contributed by atoms with Crippen molar-refractivity contribution in [3.05, 3.63) is 11.7 Å². The molecule has 0 aromatic carbocycles. The molecule has 2 heterocycles. The van der Waals surface area contributed by atoms with Crippen LogP contribution in [-0.4, -0.2) is 27.1 Å². The third kappa shape index (κ3) is 3.91. The fourth-order valence-corrected chi connectivity index (χ4v) is 2.52. The highest BCUT2D eigenvalue weighted by molar-refractivity contribution is 5.85. The van der Waals surface area contributed by atoms with Crippen LogP contribution in [0, 0.1) is 0 Å². The van der Waals surface area contributed by atoms with E-state index in [1.807, 2.05) is 13.8 Å². The largest absolute Gasteiger partial charge is 0.338 e. The lowest BCUT2D eigenvalue weighted by Crippen LogP contribution is -2.43. The van der Waals surface area contributed by atoms with Gasteiger partial charge in [0, 0.05) is 12.1 Å². The third-order valence-corrected chi connectivity index (χ3v) is 3.74. The molecule has 5 nitrogen and oxygen atoms in total. The Kier molecular flexibility index (Phi) is 5.35. The SMILES string of the molecule is CC1CCCC(C)N1Cc1nc(C(C)(C)N)no1.Cl. The Morgan fingerprint density at radius 2 is 1.89 bits per heavy atom. The predicted octanol–water partition coefficient (Wildman–Crippen LogP) is 2.45. The molecule has 1 aliphatic rings. The standard InChI is InChI=1S/C13H24N4O.ClH/c1-9-6-5-7-10(2)17(9)8-11-15-12(16-18-11)13(3,4)14;/h9-10H,5-8,14H2,1-4H3;1H. The second-order valence-corrected chi connectivity index (χ2v) is 6.03. The number of likely N-dealkylation sites (tertiary alicyclic amines) is 1. The molecule has 6 heteroatoms. The fraction of sp³-hybridized carbons (Fsp3) is 0.846. The average molecular weight is 289 g/mol. The zero-order valence-corrected chi connectivity index (χ0v) is 13.0. The third-order valence-electron chi connectivity index (χ3n) is 3.74. The minimum absolute atomic E-state index is 0. The van der Waals surface area contributed by atoms with Gasteiger partial charge in [-0.05, 0) is 40.5 Å². The highest BCUT2D eigenvalue weighted by Crippen LogP contribution is 2.24. The molecule has 19 heavy (non-hydrogen) atoms. The maximum absolute atomic E-state index is 5.96. The smallest absolute Gasteiger partial charge is 0.240 e. The predicted molar refractivity (Wildman–Crippen MR) is 77.1 cm³/mol. The van der Waals surface area contributed by atoms with Crippen LogP contribution in [0.2, 0.25) is 0 Å². The van der Waals surface area contributed by atoms with E-state index >= 15 is 0 Å². The van der Waals surface area contributed by atoms with Gasteiger partial charge >= 0.3 is 0 Å². The summed E-state index contributed by atoms with van der Waals surface area (Å²) in [5.74, 6) is 1.25. The molecule has 2 unspecified atom stereocenters. The zero-order valence-electron chi connectivity index (χ0n) is 12.2. The van der Waals surface area contributed by atoms with Crippen molar-refractivity contribution in [3.8, 4) is 0 Å². The topological polar surface area (TPSA) is 68.2 Å². The minimum atomic E-state index is -0.541. The van der Waals surface area contributed by atoms with E-state index in [0.717, 1.165) is 6.54 Å². The first-order valence-electron chi connectivity index (χ1n) is 6.75. The molecular weight excluding hydrogens is 264 g/mol. The highest BCUT2D eigenvalue weighted by atomic mass is 35.5. The summed E-state index contributed by atoms with van der Waals surface area (Å²) in [6.45, 7) is 9.02. The highest BCUT2D eigenvalue weighted by Gasteiger charge is 2.27. The summed E-state index contributed by atoms with van der Waals surface area (Å²) >= 11 is 0. The van der Waals surface area contributed by atoms with E-state index in [-0.39, 0.29) is 12.4 Å². The van der Waals surface area contributed by atoms with Gasteiger partial charge in [-0.25, -0.2) is 0 Å². The van der Waals surface area contributed by atoms with E-state index < -0.39 is 5.54 Å². The van der Waals surface area contributed by atoms with Crippen LogP contribution < -0.4 is 5.73 Å². The van der Waals surface area contributed by atoms with E-state index in [1.54, 1.807) is 0 Å². The molecule has 110 valence electrons. The number of nitrogens with zero attached hydrogens (tertiary/aromatic N) is 3. The van der Waals surface area contributed by atoms with Gasteiger partial charge in [0.1, 0.15) is 0 Å². The maximum atomic E-state index is 5.96. The number of hydrogen-bond donors (Lipinski definition) is 1. The molecule has 1 aromatic heterocycles. The van der Waals surface area contributed by atoms with Crippen molar-refractivity contribution in [3.63, 3.8) is 0 Å². The Bertz CT molecular complexity index is 392. The van der Waals surface area contributed by atoms with Crippen LogP contribution >= 0.6 is 12.4 Å². The Morgan fingerprint density at radius 3 is 2.37 bits per heavy atom. The lowest BCUT2D eigenvalue weighted by molar-refractivity contribution is 0.0825. The molecule has 0 amide bonds. The van der Waals surface area contributed by atoms with Crippen molar-refractivity contribution in [2.75, 3.05) is 0 Å². The van der Waals surface area contributed by atoms with Gasteiger partial charge in [-0.2, -0.15) is 4.98 Å². The van der Waals surface area contributed by atoms with E-state index in [9.17, 15) is 0 Å². The van der Waals surface area contributed by atoms with Crippen molar-refractivity contribution >= 4 is 12.4 Å². The first kappa shape index (κ1) is 16.4. The molecular formula is C13H25ClN4O. The van der Waals surface area contributed by atoms with Gasteiger partial charge in [-0.3, -0.25) is 4.90 Å². The summed E-state index contributed by atoms with van der Waals surface area (Å²) in [6.07, 6.45) is 3.80. The maximum Gasteiger partial charge on any atom is 0.240 e. The molecule has 1 saturated heterocycles. The van der Waals surface area contributed by atoms with E-state index in [0.29, 0.717) is 23.8 Å². The van der Waals surface area contributed by atoms with E-state index in [4.69, 9.17) is 10.3 Å². The fourth-order valence-electron chi connectivity index (χ4n) is 2.52. The average Bonchev–Trinajstić information content (AvgIpc) is 2.72. The lowest BCUT2D eigenvalue weighted by Gasteiger charge is -2.37. The van der Waals surface area contributed by atoms with Crippen molar-refractivity contribution in [1.82, 2.24) is 15.0 Å². The monoisotopic (exact) mass is 288 g/mol. The van der Waals surface area contributed by atoms with Gasteiger partial charge in [0.05, 0.1) is 12.1 Å². The van der Waals surface area contributed by atoms with Gasteiger partial charge in [-0.1, -0.05) is 11.6 Å². The number of piperidine rings is 1. The van der Waals surface area contributed by atoms with Gasteiger partial charge in [0.2, 0.25) is 5.89 Å². The number of rotatable bonds is 3. The summed E-state index contributed by atoms with van der Waals surface area (Å²) in [7, 11) is 0. The van der Waals surface area contributed by atoms with Gasteiger partial charge in [0.15, 0.2) is 5.82 Å². The summed E-state index contributed by atoms with van der Waals surface area (Å²) in [6, 6.07) is 1.16. The van der Waals surface area contributed by atoms with Gasteiger partial charge < -0.3 is 10.3 Å². The molecule has 0 spiro atoms. The Balaban J connectivity index is 0.00000180. The molecule has 2 rings (SSSR count). The van der Waals surface area contributed by atoms with Crippen LogP contribution in [0.4, 0.5) is 0 Å². The van der Waals surface area contributed by atoms with Crippen LogP contribution in [0.25, 0.3) is 0 Å². The summed E-state index contributed by atoms with van der Waals surface area (Å²) in [5, 5.41) is 3.97. The molecule has 1 aromatic rings. The number of hydrogen-bond acceptors (Lipinski definition) is 5. The number of nitrogens with two attached hydrogens (primary N) is 1. The van der Waals surface area contributed by atoms with Gasteiger partial charge in [0.25, 0.3) is 0 Å². The molecule has 2 N–H and O–H groups in total.